The first-order chi connectivity index (χ1) is 15.3. The van der Waals surface area contributed by atoms with Crippen LogP contribution in [0, 0.1) is 23.7 Å². The van der Waals surface area contributed by atoms with Crippen molar-refractivity contribution in [2.24, 2.45) is 23.7 Å². The third-order valence-corrected chi connectivity index (χ3v) is 9.37. The second-order valence-corrected chi connectivity index (χ2v) is 11.4. The normalized spacial score (nSPS) is 34.5. The fraction of sp³-hybridized carbons (Fsp3) is 0.862. The van der Waals surface area contributed by atoms with Gasteiger partial charge >= 0.3 is 0 Å². The molecule has 0 aromatic carbocycles. The lowest BCUT2D eigenvalue weighted by Crippen LogP contribution is -2.25. The molecule has 2 nitrogen and oxygen atoms in total. The zero-order chi connectivity index (χ0) is 21.5. The molecule has 0 spiro atoms. The summed E-state index contributed by atoms with van der Waals surface area (Å²) in [6.45, 7) is 4.65. The summed E-state index contributed by atoms with van der Waals surface area (Å²) in [5.74, 6) is 6.50. The van der Waals surface area contributed by atoms with Gasteiger partial charge in [0.05, 0.1) is 0 Å². The van der Waals surface area contributed by atoms with Crippen molar-refractivity contribution < 1.29 is 0 Å². The van der Waals surface area contributed by atoms with Crippen LogP contribution in [0.4, 0.5) is 0 Å². The summed E-state index contributed by atoms with van der Waals surface area (Å²) < 4.78 is 0. The molecule has 0 unspecified atom stereocenters. The van der Waals surface area contributed by atoms with Crippen LogP contribution in [0.2, 0.25) is 0 Å². The van der Waals surface area contributed by atoms with E-state index in [0.29, 0.717) is 11.8 Å². The minimum atomic E-state index is 0.616. The Kier molecular flexibility index (Phi) is 8.85. The van der Waals surface area contributed by atoms with Crippen LogP contribution >= 0.6 is 0 Å². The number of unbranched alkanes of at least 4 members (excludes halogenated alkanes) is 1. The molecule has 0 saturated heterocycles. The summed E-state index contributed by atoms with van der Waals surface area (Å²) in [6, 6.07) is 0. The first kappa shape index (κ1) is 23.2. The maximum Gasteiger partial charge on any atom is 0.131 e. The summed E-state index contributed by atoms with van der Waals surface area (Å²) in [7, 11) is 0. The summed E-state index contributed by atoms with van der Waals surface area (Å²) in [6.07, 6.45) is 28.5. The molecule has 0 bridgehead atoms. The zero-order valence-electron chi connectivity index (χ0n) is 20.5. The minimum Gasteiger partial charge on any atom is -0.241 e. The highest BCUT2D eigenvalue weighted by Crippen LogP contribution is 2.44. The van der Waals surface area contributed by atoms with Crippen molar-refractivity contribution in [1.29, 1.82) is 0 Å². The smallest absolute Gasteiger partial charge is 0.131 e. The van der Waals surface area contributed by atoms with Gasteiger partial charge in [-0.25, -0.2) is 9.97 Å². The maximum absolute atomic E-state index is 4.88. The first-order valence-electron chi connectivity index (χ1n) is 14.1. The number of hydrogen-bond acceptors (Lipinski definition) is 2. The van der Waals surface area contributed by atoms with E-state index in [0.717, 1.165) is 29.5 Å². The average Bonchev–Trinajstić information content (AvgIpc) is 2.84. The van der Waals surface area contributed by atoms with Crippen molar-refractivity contribution in [1.82, 2.24) is 9.97 Å². The van der Waals surface area contributed by atoms with Crippen LogP contribution in [0.25, 0.3) is 0 Å². The third-order valence-electron chi connectivity index (χ3n) is 9.37. The molecule has 3 saturated carbocycles. The topological polar surface area (TPSA) is 25.8 Å². The standard InChI is InChI=1S/C29H48N2/c1-3-5-7-23-8-12-24(13-9-23)25-16-18-26(19-17-25)28-20-30-29(31-21-28)27-14-10-22(6-4-2)11-15-27/h20-27H,3-19H2,1-2H3/t22-,23-,24-,25-,26-,27-. The van der Waals surface area contributed by atoms with E-state index in [1.807, 2.05) is 0 Å². The second kappa shape index (κ2) is 11.8. The van der Waals surface area contributed by atoms with Gasteiger partial charge in [0.2, 0.25) is 0 Å². The molecule has 0 atom stereocenters. The van der Waals surface area contributed by atoms with Crippen molar-refractivity contribution in [3.8, 4) is 0 Å². The Balaban J connectivity index is 1.21. The lowest BCUT2D eigenvalue weighted by Gasteiger charge is -2.38. The van der Waals surface area contributed by atoms with Crippen molar-refractivity contribution in [2.75, 3.05) is 0 Å². The summed E-state index contributed by atoms with van der Waals surface area (Å²) in [4.78, 5) is 9.76. The molecule has 4 rings (SSSR count). The van der Waals surface area contributed by atoms with E-state index in [1.54, 1.807) is 0 Å². The van der Waals surface area contributed by atoms with Crippen LogP contribution in [-0.2, 0) is 0 Å². The molecular weight excluding hydrogens is 376 g/mol. The lowest BCUT2D eigenvalue weighted by atomic mass is 9.68. The SMILES string of the molecule is CCCC[C@H]1CC[C@H]([C@H]2CC[C@H](c3cnc([C@H]4CC[C@H](CCC)CC4)nc3)CC2)CC1. The number of hydrogen-bond donors (Lipinski definition) is 0. The van der Waals surface area contributed by atoms with Crippen LogP contribution < -0.4 is 0 Å². The van der Waals surface area contributed by atoms with Crippen molar-refractivity contribution in [3.63, 3.8) is 0 Å². The monoisotopic (exact) mass is 424 g/mol. The Labute approximate surface area is 192 Å². The van der Waals surface area contributed by atoms with Gasteiger partial charge in [-0.2, -0.15) is 0 Å². The third kappa shape index (κ3) is 6.32. The van der Waals surface area contributed by atoms with E-state index in [4.69, 9.17) is 9.97 Å². The van der Waals surface area contributed by atoms with Crippen LogP contribution in [-0.4, -0.2) is 9.97 Å². The summed E-state index contributed by atoms with van der Waals surface area (Å²) in [5.41, 5.74) is 1.42. The van der Waals surface area contributed by atoms with Gasteiger partial charge in [-0.1, -0.05) is 58.8 Å². The molecule has 174 valence electrons. The second-order valence-electron chi connectivity index (χ2n) is 11.4. The highest BCUT2D eigenvalue weighted by atomic mass is 14.9. The maximum atomic E-state index is 4.88. The Hall–Kier alpha value is -0.920. The highest BCUT2D eigenvalue weighted by molar-refractivity contribution is 5.14. The molecule has 2 heteroatoms. The Morgan fingerprint density at radius 3 is 1.71 bits per heavy atom. The van der Waals surface area contributed by atoms with E-state index in [9.17, 15) is 0 Å². The molecule has 3 aliphatic carbocycles. The summed E-state index contributed by atoms with van der Waals surface area (Å²) in [5, 5.41) is 0. The molecule has 31 heavy (non-hydrogen) atoms. The molecule has 0 radical (unpaired) electrons. The van der Waals surface area contributed by atoms with Crippen LogP contribution in [0.3, 0.4) is 0 Å². The van der Waals surface area contributed by atoms with Crippen LogP contribution in [0.5, 0.6) is 0 Å². The summed E-state index contributed by atoms with van der Waals surface area (Å²) >= 11 is 0. The van der Waals surface area contributed by atoms with Gasteiger partial charge in [0.25, 0.3) is 0 Å². The van der Waals surface area contributed by atoms with Gasteiger partial charge in [-0.05, 0) is 99.4 Å². The minimum absolute atomic E-state index is 0.616. The number of rotatable bonds is 8. The Bertz CT molecular complexity index is 615. The lowest BCUT2D eigenvalue weighted by molar-refractivity contribution is 0.155. The molecular formula is C29H48N2. The van der Waals surface area contributed by atoms with Gasteiger partial charge in [0, 0.05) is 18.3 Å². The van der Waals surface area contributed by atoms with E-state index in [1.165, 1.54) is 115 Å². The van der Waals surface area contributed by atoms with Crippen LogP contribution in [0.15, 0.2) is 12.4 Å². The molecule has 1 aromatic heterocycles. The van der Waals surface area contributed by atoms with Crippen molar-refractivity contribution in [3.05, 3.63) is 23.8 Å². The number of nitrogens with zero attached hydrogens (tertiary/aromatic N) is 2. The largest absolute Gasteiger partial charge is 0.241 e. The molecule has 0 N–H and O–H groups in total. The van der Waals surface area contributed by atoms with Crippen molar-refractivity contribution in [2.45, 2.75) is 135 Å². The molecule has 0 amide bonds. The molecule has 1 heterocycles. The number of aromatic nitrogens is 2. The van der Waals surface area contributed by atoms with Gasteiger partial charge in [-0.3, -0.25) is 0 Å². The first-order valence-corrected chi connectivity index (χ1v) is 14.1. The predicted octanol–water partition coefficient (Wildman–Crippen LogP) is 8.82. The van der Waals surface area contributed by atoms with Gasteiger partial charge in [0.15, 0.2) is 0 Å². The molecule has 3 aliphatic rings. The predicted molar refractivity (Wildman–Crippen MR) is 131 cm³/mol. The molecule has 1 aromatic rings. The van der Waals surface area contributed by atoms with Gasteiger partial charge < -0.3 is 0 Å². The van der Waals surface area contributed by atoms with E-state index < -0.39 is 0 Å². The van der Waals surface area contributed by atoms with Crippen LogP contribution in [0.1, 0.15) is 146 Å². The van der Waals surface area contributed by atoms with E-state index in [2.05, 4.69) is 26.2 Å². The van der Waals surface area contributed by atoms with Gasteiger partial charge in [-0.15, -0.1) is 0 Å². The average molecular weight is 425 g/mol. The Morgan fingerprint density at radius 2 is 1.13 bits per heavy atom. The zero-order valence-corrected chi connectivity index (χ0v) is 20.5. The van der Waals surface area contributed by atoms with E-state index >= 15 is 0 Å². The molecule has 0 aliphatic heterocycles. The molecule has 3 fully saturated rings. The Morgan fingerprint density at radius 1 is 0.613 bits per heavy atom. The quantitative estimate of drug-likeness (QED) is 0.416. The highest BCUT2D eigenvalue weighted by Gasteiger charge is 2.31. The fourth-order valence-corrected chi connectivity index (χ4v) is 7.25. The fourth-order valence-electron chi connectivity index (χ4n) is 7.25. The van der Waals surface area contributed by atoms with E-state index in [-0.39, 0.29) is 0 Å². The van der Waals surface area contributed by atoms with Crippen molar-refractivity contribution >= 4 is 0 Å². The van der Waals surface area contributed by atoms with Gasteiger partial charge in [0.1, 0.15) is 5.82 Å².